The molecule has 0 saturated carbocycles. The third-order valence-electron chi connectivity index (χ3n) is 3.36. The van der Waals surface area contributed by atoms with E-state index in [9.17, 15) is 4.79 Å². The smallest absolute Gasteiger partial charge is 0.254 e. The summed E-state index contributed by atoms with van der Waals surface area (Å²) in [7, 11) is 1.85. The average molecular weight is 345 g/mol. The summed E-state index contributed by atoms with van der Waals surface area (Å²) in [5.41, 5.74) is 8.07. The summed E-state index contributed by atoms with van der Waals surface area (Å²) >= 11 is 5.19. The van der Waals surface area contributed by atoms with Gasteiger partial charge in [0.05, 0.1) is 0 Å². The number of nitrogen functional groups attached to an aromatic ring is 1. The van der Waals surface area contributed by atoms with Crippen molar-refractivity contribution in [2.75, 3.05) is 24.8 Å². The first-order valence-corrected chi connectivity index (χ1v) is 8.38. The van der Waals surface area contributed by atoms with Crippen molar-refractivity contribution >= 4 is 39.3 Å². The maximum atomic E-state index is 12.5. The molecule has 1 aromatic carbocycles. The van der Waals surface area contributed by atoms with Gasteiger partial charge in [0.25, 0.3) is 5.91 Å². The van der Waals surface area contributed by atoms with Crippen LogP contribution < -0.4 is 5.73 Å². The van der Waals surface area contributed by atoms with Gasteiger partial charge in [-0.05, 0) is 50.0 Å². The first-order chi connectivity index (χ1) is 8.88. The number of amides is 1. The molecular formula is C14H21BrN2OS. The highest BCUT2D eigenvalue weighted by atomic mass is 79.9. The fourth-order valence-corrected chi connectivity index (χ4v) is 2.85. The first kappa shape index (κ1) is 16.4. The molecule has 0 spiro atoms. The van der Waals surface area contributed by atoms with Gasteiger partial charge in [0, 0.05) is 28.8 Å². The molecule has 0 aliphatic heterocycles. The van der Waals surface area contributed by atoms with Gasteiger partial charge >= 0.3 is 0 Å². The average Bonchev–Trinajstić information content (AvgIpc) is 2.38. The molecule has 0 fully saturated rings. The van der Waals surface area contributed by atoms with E-state index in [4.69, 9.17) is 5.73 Å². The monoisotopic (exact) mass is 344 g/mol. The van der Waals surface area contributed by atoms with Crippen molar-refractivity contribution in [2.24, 2.45) is 0 Å². The quantitative estimate of drug-likeness (QED) is 0.830. The van der Waals surface area contributed by atoms with Crippen LogP contribution in [0.4, 0.5) is 5.69 Å². The Morgan fingerprint density at radius 2 is 2.16 bits per heavy atom. The predicted octanol–water partition coefficient (Wildman–Crippen LogP) is 3.55. The maximum Gasteiger partial charge on any atom is 0.254 e. The van der Waals surface area contributed by atoms with Crippen LogP contribution in [0.1, 0.15) is 29.3 Å². The molecule has 0 aliphatic rings. The third kappa shape index (κ3) is 4.14. The Balaban J connectivity index is 2.94. The molecule has 19 heavy (non-hydrogen) atoms. The summed E-state index contributed by atoms with van der Waals surface area (Å²) in [5, 5.41) is 0. The van der Waals surface area contributed by atoms with Gasteiger partial charge in [-0.3, -0.25) is 4.79 Å². The van der Waals surface area contributed by atoms with Crippen LogP contribution >= 0.6 is 27.7 Å². The highest BCUT2D eigenvalue weighted by Gasteiger charge is 2.20. The van der Waals surface area contributed by atoms with Crippen molar-refractivity contribution in [3.63, 3.8) is 0 Å². The highest BCUT2D eigenvalue weighted by molar-refractivity contribution is 9.10. The van der Waals surface area contributed by atoms with Crippen LogP contribution in [0, 0.1) is 6.92 Å². The molecule has 3 nitrogen and oxygen atoms in total. The number of nitrogens with zero attached hydrogens (tertiary/aromatic N) is 1. The minimum absolute atomic E-state index is 0.0269. The third-order valence-corrected chi connectivity index (χ3v) is 4.47. The number of thioether (sulfide) groups is 1. The molecule has 1 amide bonds. The number of benzene rings is 1. The zero-order chi connectivity index (χ0) is 14.6. The van der Waals surface area contributed by atoms with Gasteiger partial charge in [-0.2, -0.15) is 11.8 Å². The number of nitrogens with two attached hydrogens (primary N) is 1. The van der Waals surface area contributed by atoms with Crippen LogP contribution in [0.15, 0.2) is 16.6 Å². The minimum Gasteiger partial charge on any atom is -0.398 e. The molecule has 1 rings (SSSR count). The fraction of sp³-hybridized carbons (Fsp3) is 0.500. The number of carbonyl (C=O) groups excluding carboxylic acids is 1. The van der Waals surface area contributed by atoms with Gasteiger partial charge in [-0.25, -0.2) is 0 Å². The van der Waals surface area contributed by atoms with E-state index < -0.39 is 0 Å². The normalized spacial score (nSPS) is 12.3. The second-order valence-corrected chi connectivity index (χ2v) is 6.62. The molecule has 106 valence electrons. The van der Waals surface area contributed by atoms with Crippen LogP contribution in [0.2, 0.25) is 0 Å². The fourth-order valence-electron chi connectivity index (χ4n) is 1.79. The van der Waals surface area contributed by atoms with Gasteiger partial charge in [-0.15, -0.1) is 0 Å². The van der Waals surface area contributed by atoms with Gasteiger partial charge < -0.3 is 10.6 Å². The lowest BCUT2D eigenvalue weighted by molar-refractivity contribution is 0.0740. The SMILES string of the molecule is CSCCC(C)N(C)C(=O)c1cc(Br)cc(N)c1C. The Morgan fingerprint density at radius 1 is 1.53 bits per heavy atom. The lowest BCUT2D eigenvalue weighted by Gasteiger charge is -2.26. The van der Waals surface area contributed by atoms with Crippen LogP contribution in [-0.2, 0) is 0 Å². The van der Waals surface area contributed by atoms with Gasteiger partial charge in [-0.1, -0.05) is 15.9 Å². The molecule has 0 saturated heterocycles. The minimum atomic E-state index is 0.0269. The molecule has 0 bridgehead atoms. The Kier molecular flexibility index (Phi) is 6.20. The van der Waals surface area contributed by atoms with E-state index in [0.717, 1.165) is 22.2 Å². The van der Waals surface area contributed by atoms with E-state index in [2.05, 4.69) is 29.1 Å². The Bertz CT molecular complexity index is 465. The van der Waals surface area contributed by atoms with E-state index in [0.29, 0.717) is 11.3 Å². The molecule has 5 heteroatoms. The topological polar surface area (TPSA) is 46.3 Å². The first-order valence-electron chi connectivity index (χ1n) is 6.20. The molecule has 1 aromatic rings. The summed E-state index contributed by atoms with van der Waals surface area (Å²) in [5.74, 6) is 1.08. The van der Waals surface area contributed by atoms with E-state index in [1.807, 2.05) is 26.1 Å². The molecule has 0 aromatic heterocycles. The Morgan fingerprint density at radius 3 is 2.74 bits per heavy atom. The molecular weight excluding hydrogens is 324 g/mol. The highest BCUT2D eigenvalue weighted by Crippen LogP contribution is 2.24. The number of halogens is 1. The summed E-state index contributed by atoms with van der Waals surface area (Å²) in [6.07, 6.45) is 3.07. The summed E-state index contributed by atoms with van der Waals surface area (Å²) in [6.45, 7) is 3.96. The molecule has 2 N–H and O–H groups in total. The molecule has 0 heterocycles. The van der Waals surface area contributed by atoms with Crippen molar-refractivity contribution in [1.82, 2.24) is 4.90 Å². The van der Waals surface area contributed by atoms with Crippen molar-refractivity contribution in [3.8, 4) is 0 Å². The summed E-state index contributed by atoms with van der Waals surface area (Å²) in [4.78, 5) is 14.3. The number of anilines is 1. The molecule has 0 aliphatic carbocycles. The van der Waals surface area contributed by atoms with Gasteiger partial charge in [0.1, 0.15) is 0 Å². The zero-order valence-corrected chi connectivity index (χ0v) is 14.3. The van der Waals surface area contributed by atoms with Crippen molar-refractivity contribution in [3.05, 3.63) is 27.7 Å². The van der Waals surface area contributed by atoms with Crippen LogP contribution in [0.5, 0.6) is 0 Å². The van der Waals surface area contributed by atoms with Crippen LogP contribution in [-0.4, -0.2) is 35.9 Å². The van der Waals surface area contributed by atoms with Crippen molar-refractivity contribution < 1.29 is 4.79 Å². The molecule has 0 radical (unpaired) electrons. The number of carbonyl (C=O) groups is 1. The maximum absolute atomic E-state index is 12.5. The van der Waals surface area contributed by atoms with Crippen molar-refractivity contribution in [1.29, 1.82) is 0 Å². The lowest BCUT2D eigenvalue weighted by atomic mass is 10.0. The second kappa shape index (κ2) is 7.20. The van der Waals surface area contributed by atoms with Crippen LogP contribution in [0.25, 0.3) is 0 Å². The summed E-state index contributed by atoms with van der Waals surface area (Å²) in [6, 6.07) is 3.88. The number of hydrogen-bond acceptors (Lipinski definition) is 3. The Hall–Kier alpha value is -0.680. The zero-order valence-electron chi connectivity index (χ0n) is 11.9. The van der Waals surface area contributed by atoms with Gasteiger partial charge in [0.2, 0.25) is 0 Å². The van der Waals surface area contributed by atoms with Gasteiger partial charge in [0.15, 0.2) is 0 Å². The second-order valence-electron chi connectivity index (χ2n) is 4.71. The predicted molar refractivity (Wildman–Crippen MR) is 87.8 cm³/mol. The van der Waals surface area contributed by atoms with E-state index in [-0.39, 0.29) is 11.9 Å². The van der Waals surface area contributed by atoms with Crippen molar-refractivity contribution in [2.45, 2.75) is 26.3 Å². The number of rotatable bonds is 5. The largest absolute Gasteiger partial charge is 0.398 e. The Labute approximate surface area is 128 Å². The van der Waals surface area contributed by atoms with E-state index in [1.165, 1.54) is 0 Å². The standard InChI is InChI=1S/C14H21BrN2OS/c1-9(5-6-19-4)17(3)14(18)12-7-11(15)8-13(16)10(12)2/h7-9H,5-6,16H2,1-4H3. The lowest BCUT2D eigenvalue weighted by Crippen LogP contribution is -2.35. The van der Waals surface area contributed by atoms with E-state index >= 15 is 0 Å². The number of hydrogen-bond donors (Lipinski definition) is 1. The summed E-state index contributed by atoms with van der Waals surface area (Å²) < 4.78 is 0.837. The van der Waals surface area contributed by atoms with E-state index in [1.54, 1.807) is 16.7 Å². The molecule has 1 atom stereocenters. The van der Waals surface area contributed by atoms with Crippen LogP contribution in [0.3, 0.4) is 0 Å². The molecule has 1 unspecified atom stereocenters.